The van der Waals surface area contributed by atoms with Crippen molar-refractivity contribution in [3.05, 3.63) is 27.4 Å². The zero-order valence-electron chi connectivity index (χ0n) is 8.27. The first kappa shape index (κ1) is 8.48. The molecular weight excluding hydrogens is 164 g/mol. The second-order valence-corrected chi connectivity index (χ2v) is 4.19. The van der Waals surface area contributed by atoms with Gasteiger partial charge in [-0.15, -0.1) is 0 Å². The number of rotatable bonds is 1. The van der Waals surface area contributed by atoms with Crippen LogP contribution in [-0.4, -0.2) is 9.97 Å². The molecule has 1 aromatic heterocycles. The van der Waals surface area contributed by atoms with Crippen LogP contribution in [0.1, 0.15) is 36.8 Å². The van der Waals surface area contributed by atoms with E-state index in [1.807, 2.05) is 6.92 Å². The summed E-state index contributed by atoms with van der Waals surface area (Å²) in [7, 11) is 0. The number of nitrogens with one attached hydrogen (secondary N) is 1. The molecule has 0 aromatic carbocycles. The molecule has 0 amide bonds. The van der Waals surface area contributed by atoms with E-state index < -0.39 is 0 Å². The Morgan fingerprint density at radius 1 is 1.38 bits per heavy atom. The van der Waals surface area contributed by atoms with Gasteiger partial charge in [0.1, 0.15) is 5.82 Å². The fraction of sp³-hybridized carbons (Fsp3) is 0.600. The van der Waals surface area contributed by atoms with Gasteiger partial charge in [-0.05, 0) is 26.7 Å². The molecule has 70 valence electrons. The monoisotopic (exact) mass is 178 g/mol. The molecule has 0 radical (unpaired) electrons. The SMILES string of the molecule is Cc1nc(C2(C)CC2)[nH]c(=O)c1C. The molecule has 1 aromatic rings. The maximum Gasteiger partial charge on any atom is 0.254 e. The number of aryl methyl sites for hydroxylation is 1. The van der Waals surface area contributed by atoms with E-state index in [9.17, 15) is 4.79 Å². The van der Waals surface area contributed by atoms with Crippen LogP contribution in [0.4, 0.5) is 0 Å². The molecule has 3 nitrogen and oxygen atoms in total. The Morgan fingerprint density at radius 2 is 2.00 bits per heavy atom. The number of aromatic amines is 1. The van der Waals surface area contributed by atoms with Crippen molar-refractivity contribution in [1.82, 2.24) is 9.97 Å². The van der Waals surface area contributed by atoms with Crippen LogP contribution in [0, 0.1) is 13.8 Å². The Balaban J connectivity index is 2.56. The Kier molecular flexibility index (Phi) is 1.59. The summed E-state index contributed by atoms with van der Waals surface area (Å²) in [5, 5.41) is 0. The average Bonchev–Trinajstić information content (AvgIpc) is 2.80. The molecule has 1 N–H and O–H groups in total. The van der Waals surface area contributed by atoms with Crippen LogP contribution in [0.15, 0.2) is 4.79 Å². The average molecular weight is 178 g/mol. The molecule has 3 heteroatoms. The third-order valence-electron chi connectivity index (χ3n) is 2.97. The van der Waals surface area contributed by atoms with E-state index in [2.05, 4.69) is 16.9 Å². The van der Waals surface area contributed by atoms with Gasteiger partial charge >= 0.3 is 0 Å². The van der Waals surface area contributed by atoms with Gasteiger partial charge in [-0.2, -0.15) is 0 Å². The van der Waals surface area contributed by atoms with Gasteiger partial charge in [-0.3, -0.25) is 4.79 Å². The summed E-state index contributed by atoms with van der Waals surface area (Å²) in [6.45, 7) is 5.83. The van der Waals surface area contributed by atoms with Crippen molar-refractivity contribution in [2.24, 2.45) is 0 Å². The zero-order chi connectivity index (χ0) is 9.64. The summed E-state index contributed by atoms with van der Waals surface area (Å²) in [5.41, 5.74) is 1.74. The van der Waals surface area contributed by atoms with Gasteiger partial charge in [-0.1, -0.05) is 6.92 Å². The minimum absolute atomic E-state index is 0.00984. The summed E-state index contributed by atoms with van der Waals surface area (Å²) in [5.74, 6) is 0.862. The first-order valence-electron chi connectivity index (χ1n) is 4.61. The number of H-pyrrole nitrogens is 1. The molecule has 1 aliphatic rings. The maximum absolute atomic E-state index is 11.4. The van der Waals surface area contributed by atoms with Crippen LogP contribution in [0.25, 0.3) is 0 Å². The third kappa shape index (κ3) is 1.28. The Hall–Kier alpha value is -1.12. The molecule has 1 saturated carbocycles. The van der Waals surface area contributed by atoms with E-state index in [1.165, 1.54) is 0 Å². The van der Waals surface area contributed by atoms with Gasteiger partial charge in [0.2, 0.25) is 0 Å². The fourth-order valence-electron chi connectivity index (χ4n) is 1.36. The molecule has 1 heterocycles. The van der Waals surface area contributed by atoms with Crippen molar-refractivity contribution >= 4 is 0 Å². The molecule has 13 heavy (non-hydrogen) atoms. The van der Waals surface area contributed by atoms with E-state index in [-0.39, 0.29) is 11.0 Å². The highest BCUT2D eigenvalue weighted by Gasteiger charge is 2.41. The lowest BCUT2D eigenvalue weighted by Gasteiger charge is -2.08. The number of aromatic nitrogens is 2. The smallest absolute Gasteiger partial charge is 0.254 e. The Bertz CT molecular complexity index is 402. The van der Waals surface area contributed by atoms with Crippen LogP contribution in [0.5, 0.6) is 0 Å². The minimum Gasteiger partial charge on any atom is -0.310 e. The Labute approximate surface area is 77.2 Å². The molecule has 1 aliphatic carbocycles. The van der Waals surface area contributed by atoms with Crippen LogP contribution < -0.4 is 5.56 Å². The molecule has 0 aliphatic heterocycles. The van der Waals surface area contributed by atoms with E-state index in [4.69, 9.17) is 0 Å². The Morgan fingerprint density at radius 3 is 2.46 bits per heavy atom. The molecule has 0 saturated heterocycles. The van der Waals surface area contributed by atoms with Gasteiger partial charge in [0.05, 0.1) is 0 Å². The van der Waals surface area contributed by atoms with Crippen molar-refractivity contribution in [3.63, 3.8) is 0 Å². The van der Waals surface area contributed by atoms with Crippen molar-refractivity contribution in [2.45, 2.75) is 39.0 Å². The fourth-order valence-corrected chi connectivity index (χ4v) is 1.36. The topological polar surface area (TPSA) is 45.8 Å². The molecule has 0 bridgehead atoms. The third-order valence-corrected chi connectivity index (χ3v) is 2.97. The summed E-state index contributed by atoms with van der Waals surface area (Å²) in [6, 6.07) is 0. The molecule has 0 unspecified atom stereocenters. The van der Waals surface area contributed by atoms with Crippen molar-refractivity contribution < 1.29 is 0 Å². The second kappa shape index (κ2) is 2.44. The lowest BCUT2D eigenvalue weighted by Crippen LogP contribution is -2.20. The highest BCUT2D eigenvalue weighted by Crippen LogP contribution is 2.45. The molecule has 2 rings (SSSR count). The summed E-state index contributed by atoms with van der Waals surface area (Å²) < 4.78 is 0. The van der Waals surface area contributed by atoms with Gasteiger partial charge in [-0.25, -0.2) is 4.98 Å². The summed E-state index contributed by atoms with van der Waals surface area (Å²) >= 11 is 0. The number of nitrogens with zero attached hydrogens (tertiary/aromatic N) is 1. The second-order valence-electron chi connectivity index (χ2n) is 4.19. The maximum atomic E-state index is 11.4. The molecule has 1 fully saturated rings. The first-order valence-corrected chi connectivity index (χ1v) is 4.61. The molecule has 0 spiro atoms. The lowest BCUT2D eigenvalue weighted by atomic mass is 10.1. The first-order chi connectivity index (χ1) is 6.03. The van der Waals surface area contributed by atoms with Gasteiger partial charge in [0.25, 0.3) is 5.56 Å². The van der Waals surface area contributed by atoms with Crippen molar-refractivity contribution in [2.75, 3.05) is 0 Å². The molecule has 0 atom stereocenters. The van der Waals surface area contributed by atoms with E-state index >= 15 is 0 Å². The number of hydrogen-bond acceptors (Lipinski definition) is 2. The quantitative estimate of drug-likeness (QED) is 0.707. The van der Waals surface area contributed by atoms with Gasteiger partial charge in [0.15, 0.2) is 0 Å². The molecular formula is C10H14N2O. The summed E-state index contributed by atoms with van der Waals surface area (Å²) in [6.07, 6.45) is 2.27. The van der Waals surface area contributed by atoms with E-state index in [1.54, 1.807) is 6.92 Å². The highest BCUT2D eigenvalue weighted by molar-refractivity contribution is 5.21. The normalized spacial score (nSPS) is 18.7. The van der Waals surface area contributed by atoms with Gasteiger partial charge < -0.3 is 4.98 Å². The highest BCUT2D eigenvalue weighted by atomic mass is 16.1. The largest absolute Gasteiger partial charge is 0.310 e. The lowest BCUT2D eigenvalue weighted by molar-refractivity contribution is 0.693. The van der Waals surface area contributed by atoms with Crippen LogP contribution >= 0.6 is 0 Å². The standard InChI is InChI=1S/C10H14N2O/c1-6-7(2)11-9(12-8(6)13)10(3)4-5-10/h4-5H2,1-3H3,(H,11,12,13). The summed E-state index contributed by atoms with van der Waals surface area (Å²) in [4.78, 5) is 18.7. The van der Waals surface area contributed by atoms with Crippen LogP contribution in [0.2, 0.25) is 0 Å². The zero-order valence-corrected chi connectivity index (χ0v) is 8.27. The number of hydrogen-bond donors (Lipinski definition) is 1. The van der Waals surface area contributed by atoms with Crippen LogP contribution in [0.3, 0.4) is 0 Å². The van der Waals surface area contributed by atoms with E-state index in [0.29, 0.717) is 0 Å². The van der Waals surface area contributed by atoms with Crippen molar-refractivity contribution in [1.29, 1.82) is 0 Å². The van der Waals surface area contributed by atoms with Crippen molar-refractivity contribution in [3.8, 4) is 0 Å². The van der Waals surface area contributed by atoms with Crippen LogP contribution in [-0.2, 0) is 5.41 Å². The predicted molar refractivity (Wildman–Crippen MR) is 50.9 cm³/mol. The predicted octanol–water partition coefficient (Wildman–Crippen LogP) is 1.44. The van der Waals surface area contributed by atoms with Gasteiger partial charge in [0, 0.05) is 16.7 Å². The minimum atomic E-state index is 0.00984. The van der Waals surface area contributed by atoms with E-state index in [0.717, 1.165) is 29.9 Å².